The van der Waals surface area contributed by atoms with Gasteiger partial charge >= 0.3 is 0 Å². The summed E-state index contributed by atoms with van der Waals surface area (Å²) in [7, 11) is -3.30. The molecule has 2 aromatic rings. The average molecular weight is 406 g/mol. The van der Waals surface area contributed by atoms with Crippen LogP contribution in [0.25, 0.3) is 0 Å². The monoisotopic (exact) mass is 405 g/mol. The Morgan fingerprint density at radius 2 is 1.85 bits per heavy atom. The van der Waals surface area contributed by atoms with Crippen molar-refractivity contribution in [3.05, 3.63) is 70.1 Å². The van der Waals surface area contributed by atoms with Crippen LogP contribution in [0, 0.1) is 13.8 Å². The molecule has 1 aliphatic heterocycles. The Labute approximate surface area is 164 Å². The van der Waals surface area contributed by atoms with E-state index < -0.39 is 15.9 Å². The highest BCUT2D eigenvalue weighted by molar-refractivity contribution is 7.94. The van der Waals surface area contributed by atoms with Crippen molar-refractivity contribution in [2.75, 3.05) is 17.3 Å². The molecule has 1 aliphatic rings. The van der Waals surface area contributed by atoms with Gasteiger partial charge in [0.2, 0.25) is 0 Å². The number of amides is 1. The fourth-order valence-electron chi connectivity index (χ4n) is 2.86. The number of hydrogen-bond acceptors (Lipinski definition) is 4. The van der Waals surface area contributed by atoms with Crippen LogP contribution in [0.1, 0.15) is 11.1 Å². The van der Waals surface area contributed by atoms with Gasteiger partial charge in [-0.15, -0.1) is 0 Å². The number of aryl methyl sites for hydroxylation is 2. The highest BCUT2D eigenvalue weighted by Gasteiger charge is 2.31. The van der Waals surface area contributed by atoms with Gasteiger partial charge in [0.25, 0.3) is 5.91 Å². The summed E-state index contributed by atoms with van der Waals surface area (Å²) in [4.78, 5) is 14.4. The summed E-state index contributed by atoms with van der Waals surface area (Å²) in [6, 6.07) is 11.8. The summed E-state index contributed by atoms with van der Waals surface area (Å²) >= 11 is 5.85. The first-order valence-corrected chi connectivity index (χ1v) is 10.5. The maximum Gasteiger partial charge on any atom is 0.265 e. The van der Waals surface area contributed by atoms with Crippen LogP contribution in [0.3, 0.4) is 0 Å². The van der Waals surface area contributed by atoms with Crippen molar-refractivity contribution in [2.45, 2.75) is 19.9 Å². The van der Waals surface area contributed by atoms with E-state index in [2.05, 4.69) is 0 Å². The van der Waals surface area contributed by atoms with Crippen LogP contribution in [0.15, 0.2) is 53.9 Å². The fraction of sp³-hybridized carbons (Fsp3) is 0.250. The molecule has 0 spiro atoms. The SMILES string of the molecule is Cc1ccc(N(C(=O)COc2ccc(Cl)cc2)[C@H]2C=CS(=O)(=O)C2)cc1C. The number of carbonyl (C=O) groups is 1. The summed E-state index contributed by atoms with van der Waals surface area (Å²) in [6.07, 6.45) is 1.55. The molecule has 0 saturated heterocycles. The number of carbonyl (C=O) groups excluding carboxylic acids is 1. The Morgan fingerprint density at radius 1 is 1.15 bits per heavy atom. The van der Waals surface area contributed by atoms with Gasteiger partial charge in [-0.05, 0) is 67.4 Å². The Bertz CT molecular complexity index is 984. The largest absolute Gasteiger partial charge is 0.484 e. The maximum atomic E-state index is 12.9. The predicted octanol–water partition coefficient (Wildman–Crippen LogP) is 3.68. The third kappa shape index (κ3) is 4.70. The smallest absolute Gasteiger partial charge is 0.265 e. The Kier molecular flexibility index (Phi) is 5.58. The van der Waals surface area contributed by atoms with Crippen molar-refractivity contribution in [1.82, 2.24) is 0 Å². The number of anilines is 1. The van der Waals surface area contributed by atoms with Crippen molar-refractivity contribution >= 4 is 33.0 Å². The molecule has 1 atom stereocenters. The maximum absolute atomic E-state index is 12.9. The zero-order valence-electron chi connectivity index (χ0n) is 15.1. The van der Waals surface area contributed by atoms with Gasteiger partial charge in [0.15, 0.2) is 16.4 Å². The van der Waals surface area contributed by atoms with E-state index in [0.717, 1.165) is 11.1 Å². The van der Waals surface area contributed by atoms with Crippen LogP contribution >= 0.6 is 11.6 Å². The van der Waals surface area contributed by atoms with E-state index in [1.165, 1.54) is 10.3 Å². The second-order valence-corrected chi connectivity index (χ2v) is 8.87. The average Bonchev–Trinajstić information content (AvgIpc) is 2.97. The lowest BCUT2D eigenvalue weighted by Gasteiger charge is -2.28. The quantitative estimate of drug-likeness (QED) is 0.761. The van der Waals surface area contributed by atoms with Gasteiger partial charge in [0.05, 0.1) is 11.8 Å². The van der Waals surface area contributed by atoms with E-state index in [0.29, 0.717) is 16.5 Å². The molecule has 1 amide bonds. The van der Waals surface area contributed by atoms with Crippen molar-refractivity contribution in [3.63, 3.8) is 0 Å². The fourth-order valence-corrected chi connectivity index (χ4v) is 4.26. The van der Waals surface area contributed by atoms with Crippen LogP contribution in [0.2, 0.25) is 5.02 Å². The summed E-state index contributed by atoms with van der Waals surface area (Å²) in [5.41, 5.74) is 2.77. The number of nitrogens with zero attached hydrogens (tertiary/aromatic N) is 1. The zero-order valence-corrected chi connectivity index (χ0v) is 16.6. The number of halogens is 1. The van der Waals surface area contributed by atoms with Crippen LogP contribution < -0.4 is 9.64 Å². The predicted molar refractivity (Wildman–Crippen MR) is 107 cm³/mol. The number of rotatable bonds is 5. The van der Waals surface area contributed by atoms with E-state index >= 15 is 0 Å². The van der Waals surface area contributed by atoms with Crippen molar-refractivity contribution in [2.24, 2.45) is 0 Å². The molecule has 1 heterocycles. The topological polar surface area (TPSA) is 63.7 Å². The molecule has 0 radical (unpaired) electrons. The van der Waals surface area contributed by atoms with Gasteiger partial charge in [-0.3, -0.25) is 4.79 Å². The molecule has 0 aromatic heterocycles. The molecule has 0 fully saturated rings. The summed E-state index contributed by atoms with van der Waals surface area (Å²) in [5, 5.41) is 1.74. The van der Waals surface area contributed by atoms with Crippen LogP contribution in [-0.4, -0.2) is 32.7 Å². The normalized spacial score (nSPS) is 17.7. The molecule has 5 nitrogen and oxygen atoms in total. The molecule has 2 aromatic carbocycles. The molecule has 3 rings (SSSR count). The molecule has 0 bridgehead atoms. The van der Waals surface area contributed by atoms with E-state index in [4.69, 9.17) is 16.3 Å². The van der Waals surface area contributed by atoms with Crippen LogP contribution in [0.5, 0.6) is 5.75 Å². The number of sulfone groups is 1. The number of benzene rings is 2. The third-order valence-electron chi connectivity index (χ3n) is 4.46. The number of hydrogen-bond donors (Lipinski definition) is 0. The molecular formula is C20H20ClNO4S. The Morgan fingerprint density at radius 3 is 2.44 bits per heavy atom. The standard InChI is InChI=1S/C20H20ClNO4S/c1-14-3-6-17(11-15(14)2)22(18-9-10-27(24,25)13-18)20(23)12-26-19-7-4-16(21)5-8-19/h3-11,18H,12-13H2,1-2H3/t18-/m0/s1. The third-order valence-corrected chi connectivity index (χ3v) is 6.09. The second kappa shape index (κ2) is 7.74. The molecule has 0 N–H and O–H groups in total. The summed E-state index contributed by atoms with van der Waals surface area (Å²) in [5.74, 6) is 0.0643. The lowest BCUT2D eigenvalue weighted by molar-refractivity contribution is -0.120. The lowest BCUT2D eigenvalue weighted by Crippen LogP contribution is -2.43. The van der Waals surface area contributed by atoms with E-state index in [9.17, 15) is 13.2 Å². The van der Waals surface area contributed by atoms with E-state index in [1.807, 2.05) is 32.0 Å². The van der Waals surface area contributed by atoms with Gasteiger partial charge < -0.3 is 9.64 Å². The van der Waals surface area contributed by atoms with E-state index in [-0.39, 0.29) is 18.3 Å². The minimum absolute atomic E-state index is 0.132. The second-order valence-electron chi connectivity index (χ2n) is 6.50. The van der Waals surface area contributed by atoms with Crippen molar-refractivity contribution < 1.29 is 17.9 Å². The minimum Gasteiger partial charge on any atom is -0.484 e. The van der Waals surface area contributed by atoms with Gasteiger partial charge in [0.1, 0.15) is 5.75 Å². The van der Waals surface area contributed by atoms with Crippen LogP contribution in [0.4, 0.5) is 5.69 Å². The highest BCUT2D eigenvalue weighted by atomic mass is 35.5. The van der Waals surface area contributed by atoms with Crippen LogP contribution in [-0.2, 0) is 14.6 Å². The van der Waals surface area contributed by atoms with Gasteiger partial charge in [-0.1, -0.05) is 17.7 Å². The molecular weight excluding hydrogens is 386 g/mol. The first-order valence-electron chi connectivity index (χ1n) is 8.44. The van der Waals surface area contributed by atoms with Gasteiger partial charge in [-0.2, -0.15) is 0 Å². The lowest BCUT2D eigenvalue weighted by atomic mass is 10.1. The molecule has 142 valence electrons. The van der Waals surface area contributed by atoms with Crippen molar-refractivity contribution in [1.29, 1.82) is 0 Å². The summed E-state index contributed by atoms with van der Waals surface area (Å²) < 4.78 is 29.3. The molecule has 27 heavy (non-hydrogen) atoms. The van der Waals surface area contributed by atoms with Crippen molar-refractivity contribution in [3.8, 4) is 5.75 Å². The van der Waals surface area contributed by atoms with E-state index in [1.54, 1.807) is 30.3 Å². The molecule has 0 unspecified atom stereocenters. The first kappa shape index (κ1) is 19.5. The summed E-state index contributed by atoms with van der Waals surface area (Å²) in [6.45, 7) is 3.72. The molecule has 0 aliphatic carbocycles. The number of ether oxygens (including phenoxy) is 1. The molecule has 0 saturated carbocycles. The first-order chi connectivity index (χ1) is 12.7. The molecule has 7 heteroatoms. The highest BCUT2D eigenvalue weighted by Crippen LogP contribution is 2.25. The Hall–Kier alpha value is -2.31. The van der Waals surface area contributed by atoms with Gasteiger partial charge in [0, 0.05) is 16.1 Å². The van der Waals surface area contributed by atoms with Gasteiger partial charge in [-0.25, -0.2) is 8.42 Å². The Balaban J connectivity index is 1.84. The zero-order chi connectivity index (χ0) is 19.6. The minimum atomic E-state index is -3.30.